The number of halogens is 1. The molecule has 0 saturated carbocycles. The summed E-state index contributed by atoms with van der Waals surface area (Å²) in [7, 11) is 0. The highest BCUT2D eigenvalue weighted by Gasteiger charge is 2.24. The summed E-state index contributed by atoms with van der Waals surface area (Å²) in [6.45, 7) is 4.44. The molecule has 0 aromatic heterocycles. The van der Waals surface area contributed by atoms with Gasteiger partial charge < -0.3 is 20.4 Å². The van der Waals surface area contributed by atoms with Crippen LogP contribution in [0, 0.1) is 0 Å². The first-order valence-corrected chi connectivity index (χ1v) is 9.32. The third kappa shape index (κ3) is 5.14. The number of hydrogen-bond donors (Lipinski definition) is 2. The molecular weight excluding hydrogens is 364 g/mol. The van der Waals surface area contributed by atoms with Crippen molar-refractivity contribution in [3.05, 3.63) is 59.6 Å². The van der Waals surface area contributed by atoms with Crippen molar-refractivity contribution >= 4 is 34.9 Å². The van der Waals surface area contributed by atoms with E-state index in [-0.39, 0.29) is 11.9 Å². The fraction of sp³-hybridized carbons (Fsp3) is 0.300. The molecule has 142 valence electrons. The lowest BCUT2D eigenvalue weighted by atomic mass is 10.2. The van der Waals surface area contributed by atoms with Crippen molar-refractivity contribution < 1.29 is 9.59 Å². The fourth-order valence-electron chi connectivity index (χ4n) is 2.93. The molecule has 1 heterocycles. The zero-order valence-electron chi connectivity index (χ0n) is 15.2. The molecule has 1 fully saturated rings. The second-order valence-corrected chi connectivity index (χ2v) is 6.91. The van der Waals surface area contributed by atoms with Crippen LogP contribution in [0.3, 0.4) is 0 Å². The van der Waals surface area contributed by atoms with Crippen LogP contribution in [0.15, 0.2) is 54.6 Å². The summed E-state index contributed by atoms with van der Waals surface area (Å²) in [4.78, 5) is 28.7. The number of anilines is 2. The van der Waals surface area contributed by atoms with Gasteiger partial charge >= 0.3 is 6.03 Å². The summed E-state index contributed by atoms with van der Waals surface area (Å²) in [5.41, 5.74) is 1.80. The second kappa shape index (κ2) is 8.77. The number of amides is 3. The number of nitrogens with one attached hydrogen (secondary N) is 2. The Morgan fingerprint density at radius 3 is 2.22 bits per heavy atom. The summed E-state index contributed by atoms with van der Waals surface area (Å²) in [6, 6.07) is 16.1. The molecule has 1 saturated heterocycles. The number of carbonyl (C=O) groups excluding carboxylic acids is 2. The molecule has 0 unspecified atom stereocenters. The monoisotopic (exact) mass is 386 g/mol. The molecule has 6 nitrogen and oxygen atoms in total. The van der Waals surface area contributed by atoms with E-state index in [1.54, 1.807) is 36.1 Å². The van der Waals surface area contributed by atoms with Gasteiger partial charge in [-0.2, -0.15) is 0 Å². The van der Waals surface area contributed by atoms with E-state index in [1.807, 2.05) is 18.2 Å². The van der Waals surface area contributed by atoms with Gasteiger partial charge in [-0.15, -0.1) is 0 Å². The molecule has 0 aliphatic carbocycles. The number of benzene rings is 2. The van der Waals surface area contributed by atoms with E-state index in [1.165, 1.54) is 0 Å². The molecule has 3 rings (SSSR count). The van der Waals surface area contributed by atoms with Gasteiger partial charge in [-0.1, -0.05) is 29.8 Å². The zero-order chi connectivity index (χ0) is 19.2. The van der Waals surface area contributed by atoms with Gasteiger partial charge in [-0.3, -0.25) is 4.79 Å². The molecule has 7 heteroatoms. The highest BCUT2D eigenvalue weighted by atomic mass is 35.5. The number of piperazine rings is 1. The van der Waals surface area contributed by atoms with Crippen LogP contribution in [0.5, 0.6) is 0 Å². The molecule has 1 aliphatic rings. The first-order chi connectivity index (χ1) is 13.0. The van der Waals surface area contributed by atoms with E-state index in [4.69, 9.17) is 11.6 Å². The predicted molar refractivity (Wildman–Crippen MR) is 108 cm³/mol. The van der Waals surface area contributed by atoms with Crippen LogP contribution in [0.4, 0.5) is 16.2 Å². The molecule has 1 aliphatic heterocycles. The average molecular weight is 387 g/mol. The molecule has 27 heavy (non-hydrogen) atoms. The molecule has 2 aromatic rings. The Kier molecular flexibility index (Phi) is 6.19. The molecular formula is C20H23ClN4O2. The Labute approximate surface area is 164 Å². The van der Waals surface area contributed by atoms with E-state index < -0.39 is 6.04 Å². The van der Waals surface area contributed by atoms with Gasteiger partial charge in [0.2, 0.25) is 5.91 Å². The SMILES string of the molecule is C[C@@H](NC(=O)N1CCN(c2ccccc2)CC1)C(=O)Nc1ccc(Cl)cc1. The molecule has 0 radical (unpaired) electrons. The zero-order valence-corrected chi connectivity index (χ0v) is 15.9. The van der Waals surface area contributed by atoms with Crippen LogP contribution < -0.4 is 15.5 Å². The molecule has 3 amide bonds. The third-order valence-corrected chi connectivity index (χ3v) is 4.79. The van der Waals surface area contributed by atoms with E-state index in [9.17, 15) is 9.59 Å². The van der Waals surface area contributed by atoms with Crippen molar-refractivity contribution in [2.24, 2.45) is 0 Å². The summed E-state index contributed by atoms with van der Waals surface area (Å²) in [5.74, 6) is -0.270. The quantitative estimate of drug-likeness (QED) is 0.848. The van der Waals surface area contributed by atoms with Crippen molar-refractivity contribution in [1.29, 1.82) is 0 Å². The normalized spacial score (nSPS) is 15.2. The van der Waals surface area contributed by atoms with Gasteiger partial charge in [-0.05, 0) is 43.3 Å². The first-order valence-electron chi connectivity index (χ1n) is 8.95. The van der Waals surface area contributed by atoms with Crippen molar-refractivity contribution in [1.82, 2.24) is 10.2 Å². The van der Waals surface area contributed by atoms with Gasteiger partial charge in [-0.25, -0.2) is 4.79 Å². The Morgan fingerprint density at radius 1 is 0.963 bits per heavy atom. The Bertz CT molecular complexity index is 774. The van der Waals surface area contributed by atoms with Crippen molar-refractivity contribution in [2.45, 2.75) is 13.0 Å². The lowest BCUT2D eigenvalue weighted by Crippen LogP contribution is -2.54. The molecule has 2 N–H and O–H groups in total. The molecule has 0 spiro atoms. The van der Waals surface area contributed by atoms with Crippen molar-refractivity contribution in [3.8, 4) is 0 Å². The van der Waals surface area contributed by atoms with Crippen LogP contribution in [-0.4, -0.2) is 49.1 Å². The fourth-order valence-corrected chi connectivity index (χ4v) is 3.06. The minimum Gasteiger partial charge on any atom is -0.368 e. The van der Waals surface area contributed by atoms with Crippen LogP contribution in [0.25, 0.3) is 0 Å². The van der Waals surface area contributed by atoms with Crippen LogP contribution in [0.1, 0.15) is 6.92 Å². The van der Waals surface area contributed by atoms with E-state index in [0.29, 0.717) is 23.8 Å². The standard InChI is InChI=1S/C20H23ClN4O2/c1-15(19(26)23-17-9-7-16(21)8-10-17)22-20(27)25-13-11-24(12-14-25)18-5-3-2-4-6-18/h2-10,15H,11-14H2,1H3,(H,22,27)(H,23,26)/t15-/m1/s1. The van der Waals surface area contributed by atoms with Gasteiger partial charge in [0.15, 0.2) is 0 Å². The lowest BCUT2D eigenvalue weighted by Gasteiger charge is -2.36. The van der Waals surface area contributed by atoms with Gasteiger partial charge in [0, 0.05) is 42.6 Å². The molecule has 1 atom stereocenters. The largest absolute Gasteiger partial charge is 0.368 e. The average Bonchev–Trinajstić information content (AvgIpc) is 2.70. The first kappa shape index (κ1) is 19.0. The van der Waals surface area contributed by atoms with Crippen molar-refractivity contribution in [3.63, 3.8) is 0 Å². The number of para-hydroxylation sites is 1. The van der Waals surface area contributed by atoms with E-state index in [2.05, 4.69) is 27.7 Å². The molecule has 0 bridgehead atoms. The Balaban J connectivity index is 1.47. The third-order valence-electron chi connectivity index (χ3n) is 4.53. The minimum atomic E-state index is -0.639. The van der Waals surface area contributed by atoms with Crippen LogP contribution in [-0.2, 0) is 4.79 Å². The van der Waals surface area contributed by atoms with Gasteiger partial charge in [0.1, 0.15) is 6.04 Å². The summed E-state index contributed by atoms with van der Waals surface area (Å²) in [5, 5.41) is 6.13. The predicted octanol–water partition coefficient (Wildman–Crippen LogP) is 3.20. The lowest BCUT2D eigenvalue weighted by molar-refractivity contribution is -0.117. The molecule has 2 aromatic carbocycles. The van der Waals surface area contributed by atoms with E-state index in [0.717, 1.165) is 18.8 Å². The number of rotatable bonds is 4. The van der Waals surface area contributed by atoms with Crippen LogP contribution in [0.2, 0.25) is 5.02 Å². The minimum absolute atomic E-state index is 0.221. The maximum atomic E-state index is 12.5. The van der Waals surface area contributed by atoms with Crippen molar-refractivity contribution in [2.75, 3.05) is 36.4 Å². The van der Waals surface area contributed by atoms with E-state index >= 15 is 0 Å². The Hall–Kier alpha value is -2.73. The maximum absolute atomic E-state index is 12.5. The summed E-state index contributed by atoms with van der Waals surface area (Å²) >= 11 is 5.84. The number of nitrogens with zero attached hydrogens (tertiary/aromatic N) is 2. The van der Waals surface area contributed by atoms with Gasteiger partial charge in [0.25, 0.3) is 0 Å². The topological polar surface area (TPSA) is 64.7 Å². The Morgan fingerprint density at radius 2 is 1.59 bits per heavy atom. The smallest absolute Gasteiger partial charge is 0.318 e. The highest BCUT2D eigenvalue weighted by Crippen LogP contribution is 2.16. The number of urea groups is 1. The number of carbonyl (C=O) groups is 2. The van der Waals surface area contributed by atoms with Crippen LogP contribution >= 0.6 is 11.6 Å². The second-order valence-electron chi connectivity index (χ2n) is 6.48. The highest BCUT2D eigenvalue weighted by molar-refractivity contribution is 6.30. The van der Waals surface area contributed by atoms with Gasteiger partial charge in [0.05, 0.1) is 0 Å². The summed E-state index contributed by atoms with van der Waals surface area (Å²) < 4.78 is 0. The number of hydrogen-bond acceptors (Lipinski definition) is 3. The summed E-state index contributed by atoms with van der Waals surface area (Å²) in [6.07, 6.45) is 0. The maximum Gasteiger partial charge on any atom is 0.318 e.